The van der Waals surface area contributed by atoms with Gasteiger partial charge >= 0.3 is 0 Å². The van der Waals surface area contributed by atoms with Crippen molar-refractivity contribution in [1.29, 1.82) is 0 Å². The van der Waals surface area contributed by atoms with Gasteiger partial charge < -0.3 is 0 Å². The van der Waals surface area contributed by atoms with Crippen LogP contribution in [0.25, 0.3) is 0 Å². The number of benzene rings is 1. The Morgan fingerprint density at radius 3 is 2.71 bits per heavy atom. The molecule has 90 valence electrons. The number of likely N-dealkylation sites (tertiary alicyclic amines) is 1. The van der Waals surface area contributed by atoms with Gasteiger partial charge in [0.05, 0.1) is 5.92 Å². The summed E-state index contributed by atoms with van der Waals surface area (Å²) in [6.07, 6.45) is 0.891. The van der Waals surface area contributed by atoms with Crippen molar-refractivity contribution in [3.05, 3.63) is 34.3 Å². The molecule has 0 N–H and O–H groups in total. The highest BCUT2D eigenvalue weighted by atomic mass is 35.5. The van der Waals surface area contributed by atoms with E-state index in [1.807, 2.05) is 25.1 Å². The van der Waals surface area contributed by atoms with E-state index in [0.29, 0.717) is 17.9 Å². The van der Waals surface area contributed by atoms with Gasteiger partial charge in [-0.2, -0.15) is 0 Å². The van der Waals surface area contributed by atoms with Crippen LogP contribution in [0.1, 0.15) is 17.5 Å². The number of halogens is 1. The van der Waals surface area contributed by atoms with Crippen molar-refractivity contribution in [2.75, 3.05) is 7.05 Å². The molecule has 3 nitrogen and oxygen atoms in total. The first-order chi connectivity index (χ1) is 7.99. The number of carbonyl (C=O) groups excluding carboxylic acids is 2. The van der Waals surface area contributed by atoms with Crippen LogP contribution in [0.3, 0.4) is 0 Å². The van der Waals surface area contributed by atoms with Crippen LogP contribution in [0.15, 0.2) is 18.2 Å². The first-order valence-electron chi connectivity index (χ1n) is 5.54. The Morgan fingerprint density at radius 2 is 2.12 bits per heavy atom. The van der Waals surface area contributed by atoms with E-state index in [1.165, 1.54) is 11.9 Å². The van der Waals surface area contributed by atoms with E-state index < -0.39 is 0 Å². The van der Waals surface area contributed by atoms with Crippen LogP contribution in [-0.4, -0.2) is 23.8 Å². The second-order valence-corrected chi connectivity index (χ2v) is 4.90. The largest absolute Gasteiger partial charge is 0.285 e. The normalized spacial score (nSPS) is 20.2. The standard InChI is InChI=1S/C13H14ClNO2/c1-8-3-4-11(14)6-9(8)5-10-7-12(16)15(2)13(10)17/h3-4,6,10H,5,7H2,1-2H3. The molecular formula is C13H14ClNO2. The second-order valence-electron chi connectivity index (χ2n) is 4.47. The monoisotopic (exact) mass is 251 g/mol. The number of aryl methyl sites for hydroxylation is 1. The third-order valence-corrected chi connectivity index (χ3v) is 3.49. The molecule has 17 heavy (non-hydrogen) atoms. The molecule has 1 atom stereocenters. The molecule has 1 aromatic carbocycles. The third kappa shape index (κ3) is 2.34. The summed E-state index contributed by atoms with van der Waals surface area (Å²) in [5, 5.41) is 0.663. The first kappa shape index (κ1) is 12.1. The van der Waals surface area contributed by atoms with Crippen molar-refractivity contribution >= 4 is 23.4 Å². The van der Waals surface area contributed by atoms with Gasteiger partial charge in [0, 0.05) is 18.5 Å². The second kappa shape index (κ2) is 4.49. The van der Waals surface area contributed by atoms with E-state index in [4.69, 9.17) is 11.6 Å². The molecule has 0 saturated carbocycles. The molecule has 1 aliphatic rings. The van der Waals surface area contributed by atoms with Gasteiger partial charge in [-0.15, -0.1) is 0 Å². The first-order valence-corrected chi connectivity index (χ1v) is 5.92. The van der Waals surface area contributed by atoms with Crippen LogP contribution in [0.2, 0.25) is 5.02 Å². The van der Waals surface area contributed by atoms with Gasteiger partial charge in [0.1, 0.15) is 0 Å². The van der Waals surface area contributed by atoms with Crippen LogP contribution in [0.5, 0.6) is 0 Å². The fourth-order valence-corrected chi connectivity index (χ4v) is 2.31. The molecule has 2 amide bonds. The van der Waals surface area contributed by atoms with Crippen LogP contribution in [0, 0.1) is 12.8 Å². The lowest BCUT2D eigenvalue weighted by Crippen LogP contribution is -2.26. The number of imide groups is 1. The Bertz CT molecular complexity index is 484. The van der Waals surface area contributed by atoms with Gasteiger partial charge in [0.25, 0.3) is 0 Å². The van der Waals surface area contributed by atoms with Crippen molar-refractivity contribution in [2.45, 2.75) is 19.8 Å². The van der Waals surface area contributed by atoms with Crippen LogP contribution in [0.4, 0.5) is 0 Å². The summed E-state index contributed by atoms with van der Waals surface area (Å²) in [5.41, 5.74) is 2.14. The minimum atomic E-state index is -0.232. The fourth-order valence-electron chi connectivity index (χ4n) is 2.12. The van der Waals surface area contributed by atoms with Gasteiger partial charge in [-0.1, -0.05) is 17.7 Å². The summed E-state index contributed by atoms with van der Waals surface area (Å²) in [5.74, 6) is -0.418. The molecular weight excluding hydrogens is 238 g/mol. The molecule has 0 spiro atoms. The highest BCUT2D eigenvalue weighted by molar-refractivity contribution is 6.30. The number of hydrogen-bond donors (Lipinski definition) is 0. The van der Waals surface area contributed by atoms with Crippen molar-refractivity contribution in [3.8, 4) is 0 Å². The minimum Gasteiger partial charge on any atom is -0.285 e. The number of nitrogens with zero attached hydrogens (tertiary/aromatic N) is 1. The topological polar surface area (TPSA) is 37.4 Å². The molecule has 1 aliphatic heterocycles. The van der Waals surface area contributed by atoms with E-state index in [0.717, 1.165) is 11.1 Å². The Labute approximate surface area is 105 Å². The van der Waals surface area contributed by atoms with E-state index in [9.17, 15) is 9.59 Å². The zero-order valence-electron chi connectivity index (χ0n) is 9.87. The average Bonchev–Trinajstić information content (AvgIpc) is 2.52. The molecule has 0 aliphatic carbocycles. The van der Waals surface area contributed by atoms with Gasteiger partial charge in [-0.25, -0.2) is 0 Å². The molecule has 1 aromatic rings. The molecule has 0 bridgehead atoms. The van der Waals surface area contributed by atoms with Crippen molar-refractivity contribution in [2.24, 2.45) is 5.92 Å². The molecule has 4 heteroatoms. The molecule has 0 radical (unpaired) electrons. The number of rotatable bonds is 2. The predicted octanol–water partition coefficient (Wildman–Crippen LogP) is 2.20. The molecule has 1 unspecified atom stereocenters. The van der Waals surface area contributed by atoms with E-state index in [1.54, 1.807) is 0 Å². The van der Waals surface area contributed by atoms with Crippen LogP contribution in [-0.2, 0) is 16.0 Å². The summed E-state index contributed by atoms with van der Waals surface area (Å²) in [4.78, 5) is 24.4. The maximum Gasteiger partial charge on any atom is 0.232 e. The molecule has 1 fully saturated rings. The predicted molar refractivity (Wildman–Crippen MR) is 65.8 cm³/mol. The molecule has 2 rings (SSSR count). The average molecular weight is 252 g/mol. The van der Waals surface area contributed by atoms with Gasteiger partial charge in [-0.3, -0.25) is 14.5 Å². The SMILES string of the molecule is Cc1ccc(Cl)cc1CC1CC(=O)N(C)C1=O. The van der Waals surface area contributed by atoms with Gasteiger partial charge in [0.15, 0.2) is 0 Å². The van der Waals surface area contributed by atoms with E-state index >= 15 is 0 Å². The summed E-state index contributed by atoms with van der Waals surface area (Å²) in [6, 6.07) is 5.63. The third-order valence-electron chi connectivity index (χ3n) is 3.25. The number of hydrogen-bond acceptors (Lipinski definition) is 2. The summed E-state index contributed by atoms with van der Waals surface area (Å²) >= 11 is 5.93. The fraction of sp³-hybridized carbons (Fsp3) is 0.385. The summed E-state index contributed by atoms with van der Waals surface area (Å²) in [7, 11) is 1.54. The molecule has 0 aromatic heterocycles. The molecule has 1 heterocycles. The summed E-state index contributed by atoms with van der Waals surface area (Å²) < 4.78 is 0. The Hall–Kier alpha value is -1.35. The van der Waals surface area contributed by atoms with Crippen molar-refractivity contribution in [3.63, 3.8) is 0 Å². The van der Waals surface area contributed by atoms with Crippen molar-refractivity contribution in [1.82, 2.24) is 4.90 Å². The number of carbonyl (C=O) groups is 2. The van der Waals surface area contributed by atoms with Gasteiger partial charge in [0.2, 0.25) is 11.8 Å². The molecule has 1 saturated heterocycles. The lowest BCUT2D eigenvalue weighted by Gasteiger charge is -2.11. The maximum atomic E-state index is 11.8. The van der Waals surface area contributed by atoms with Gasteiger partial charge in [-0.05, 0) is 36.6 Å². The van der Waals surface area contributed by atoms with Crippen LogP contribution < -0.4 is 0 Å². The number of amides is 2. The van der Waals surface area contributed by atoms with Crippen LogP contribution >= 0.6 is 11.6 Å². The highest BCUT2D eigenvalue weighted by Gasteiger charge is 2.35. The Morgan fingerprint density at radius 1 is 1.41 bits per heavy atom. The maximum absolute atomic E-state index is 11.8. The highest BCUT2D eigenvalue weighted by Crippen LogP contribution is 2.25. The Balaban J connectivity index is 2.19. The zero-order valence-corrected chi connectivity index (χ0v) is 10.6. The lowest BCUT2D eigenvalue weighted by atomic mass is 9.95. The summed E-state index contributed by atoms with van der Waals surface area (Å²) in [6.45, 7) is 1.98. The van der Waals surface area contributed by atoms with E-state index in [2.05, 4.69) is 0 Å². The lowest BCUT2D eigenvalue weighted by molar-refractivity contribution is -0.137. The minimum absolute atomic E-state index is 0.0885. The quantitative estimate of drug-likeness (QED) is 0.756. The van der Waals surface area contributed by atoms with Crippen molar-refractivity contribution < 1.29 is 9.59 Å². The van der Waals surface area contributed by atoms with E-state index in [-0.39, 0.29) is 17.7 Å². The Kier molecular flexibility index (Phi) is 3.20. The smallest absolute Gasteiger partial charge is 0.232 e. The zero-order chi connectivity index (χ0) is 12.6.